The van der Waals surface area contributed by atoms with Crippen LogP contribution in [0.5, 0.6) is 5.75 Å². The Bertz CT molecular complexity index is 1150. The summed E-state index contributed by atoms with van der Waals surface area (Å²) in [5.74, 6) is 0.877. The second kappa shape index (κ2) is 9.98. The topological polar surface area (TPSA) is 68.5 Å². The van der Waals surface area contributed by atoms with Gasteiger partial charge in [-0.1, -0.05) is 23.8 Å². The number of fused-ring (bicyclic) bond motifs is 1. The number of nitrogens with one attached hydrogen (secondary N) is 1. The minimum Gasteiger partial charge on any atom is -0.496 e. The van der Waals surface area contributed by atoms with Crippen molar-refractivity contribution in [2.24, 2.45) is 0 Å². The number of ether oxygens (including phenoxy) is 1. The number of nitrogens with zero attached hydrogens (tertiary/aromatic N) is 3. The van der Waals surface area contributed by atoms with Gasteiger partial charge in [-0.05, 0) is 70.1 Å². The fourth-order valence-electron chi connectivity index (χ4n) is 4.50. The van der Waals surface area contributed by atoms with Crippen LogP contribution in [0.4, 0.5) is 0 Å². The Morgan fingerprint density at radius 1 is 1.19 bits per heavy atom. The molecule has 0 atom stereocenters. The van der Waals surface area contributed by atoms with Crippen molar-refractivity contribution in [3.8, 4) is 17.0 Å². The highest BCUT2D eigenvalue weighted by atomic mass is 16.5. The highest BCUT2D eigenvalue weighted by Gasteiger charge is 2.16. The van der Waals surface area contributed by atoms with Gasteiger partial charge >= 0.3 is 0 Å². The molecule has 1 aromatic carbocycles. The monoisotopic (exact) mass is 432 g/mol. The Kier molecular flexibility index (Phi) is 6.88. The van der Waals surface area contributed by atoms with Crippen LogP contribution in [-0.2, 0) is 11.2 Å². The summed E-state index contributed by atoms with van der Waals surface area (Å²) < 4.78 is 7.36. The zero-order chi connectivity index (χ0) is 22.5. The molecule has 6 nitrogen and oxygen atoms in total. The average molecular weight is 433 g/mol. The number of hydrogen-bond acceptors (Lipinski definition) is 4. The maximum atomic E-state index is 12.4. The minimum atomic E-state index is 0.0930. The molecule has 6 heteroatoms. The Morgan fingerprint density at radius 2 is 2.03 bits per heavy atom. The molecule has 168 valence electrons. The van der Waals surface area contributed by atoms with E-state index in [4.69, 9.17) is 14.8 Å². The molecular formula is C26H32N4O2. The lowest BCUT2D eigenvalue weighted by molar-refractivity contribution is -0.121. The Hall–Kier alpha value is -3.15. The lowest BCUT2D eigenvalue weighted by Gasteiger charge is -2.13. The van der Waals surface area contributed by atoms with Gasteiger partial charge < -0.3 is 10.1 Å². The highest BCUT2D eigenvalue weighted by molar-refractivity contribution is 5.76. The third-order valence-corrected chi connectivity index (χ3v) is 6.30. The summed E-state index contributed by atoms with van der Waals surface area (Å²) in [5.41, 5.74) is 7.10. The summed E-state index contributed by atoms with van der Waals surface area (Å²) in [5, 5.41) is 7.87. The maximum Gasteiger partial charge on any atom is 0.220 e. The quantitative estimate of drug-likeness (QED) is 0.511. The van der Waals surface area contributed by atoms with E-state index in [0.29, 0.717) is 12.8 Å². The molecule has 1 N–H and O–H groups in total. The van der Waals surface area contributed by atoms with E-state index < -0.39 is 0 Å². The van der Waals surface area contributed by atoms with Gasteiger partial charge in [0.1, 0.15) is 5.75 Å². The van der Waals surface area contributed by atoms with Gasteiger partial charge in [0.05, 0.1) is 12.8 Å². The molecule has 0 fully saturated rings. The van der Waals surface area contributed by atoms with E-state index in [1.54, 1.807) is 7.11 Å². The SMILES string of the molecule is COc1ccccc1-c1cc2nc(C)c(CCC(=O)NCCC3=CCCCC3)c(C)n2n1. The second-order valence-corrected chi connectivity index (χ2v) is 8.47. The zero-order valence-electron chi connectivity index (χ0n) is 19.3. The molecule has 0 bridgehead atoms. The number of amides is 1. The second-order valence-electron chi connectivity index (χ2n) is 8.47. The first-order chi connectivity index (χ1) is 15.6. The number of carbonyl (C=O) groups excluding carboxylic acids is 1. The molecule has 1 aliphatic rings. The van der Waals surface area contributed by atoms with Crippen LogP contribution in [-0.4, -0.2) is 34.2 Å². The van der Waals surface area contributed by atoms with Crippen LogP contribution in [0.25, 0.3) is 16.9 Å². The molecule has 0 radical (unpaired) electrons. The van der Waals surface area contributed by atoms with Crippen molar-refractivity contribution in [3.63, 3.8) is 0 Å². The fraction of sp³-hybridized carbons (Fsp3) is 0.423. The number of benzene rings is 1. The van der Waals surface area contributed by atoms with Gasteiger partial charge in [0.25, 0.3) is 0 Å². The van der Waals surface area contributed by atoms with Crippen LogP contribution in [0.1, 0.15) is 55.5 Å². The van der Waals surface area contributed by atoms with Crippen LogP contribution < -0.4 is 10.1 Å². The summed E-state index contributed by atoms with van der Waals surface area (Å²) in [6.07, 6.45) is 9.35. The van der Waals surface area contributed by atoms with Crippen molar-refractivity contribution in [2.75, 3.05) is 13.7 Å². The third-order valence-electron chi connectivity index (χ3n) is 6.30. The molecule has 0 aliphatic heterocycles. The third kappa shape index (κ3) is 4.85. The lowest BCUT2D eigenvalue weighted by Crippen LogP contribution is -2.25. The largest absolute Gasteiger partial charge is 0.496 e. The van der Waals surface area contributed by atoms with E-state index in [1.165, 1.54) is 31.3 Å². The fourth-order valence-corrected chi connectivity index (χ4v) is 4.50. The predicted octanol–water partition coefficient (Wildman–Crippen LogP) is 4.96. The number of para-hydroxylation sites is 1. The summed E-state index contributed by atoms with van der Waals surface area (Å²) >= 11 is 0. The van der Waals surface area contributed by atoms with Gasteiger partial charge in [-0.25, -0.2) is 9.50 Å². The zero-order valence-corrected chi connectivity index (χ0v) is 19.3. The normalized spacial score (nSPS) is 13.8. The Balaban J connectivity index is 1.44. The van der Waals surface area contributed by atoms with Gasteiger partial charge in [-0.2, -0.15) is 5.10 Å². The van der Waals surface area contributed by atoms with Crippen LogP contribution >= 0.6 is 0 Å². The molecular weight excluding hydrogens is 400 g/mol. The van der Waals surface area contributed by atoms with E-state index in [1.807, 2.05) is 48.7 Å². The molecule has 4 rings (SSSR count). The maximum absolute atomic E-state index is 12.4. The minimum absolute atomic E-state index is 0.0930. The van der Waals surface area contributed by atoms with E-state index in [-0.39, 0.29) is 5.91 Å². The molecule has 0 saturated carbocycles. The van der Waals surface area contributed by atoms with Crippen LogP contribution in [0.15, 0.2) is 42.0 Å². The van der Waals surface area contributed by atoms with E-state index in [2.05, 4.69) is 11.4 Å². The number of methoxy groups -OCH3 is 1. The molecule has 2 aromatic heterocycles. The molecule has 1 aliphatic carbocycles. The molecule has 3 aromatic rings. The van der Waals surface area contributed by atoms with E-state index >= 15 is 0 Å². The highest BCUT2D eigenvalue weighted by Crippen LogP contribution is 2.30. The summed E-state index contributed by atoms with van der Waals surface area (Å²) in [4.78, 5) is 17.2. The van der Waals surface area contributed by atoms with E-state index in [9.17, 15) is 4.79 Å². The van der Waals surface area contributed by atoms with Gasteiger partial charge in [0, 0.05) is 36.0 Å². The number of aromatic nitrogens is 3. The van der Waals surface area contributed by atoms with Crippen LogP contribution in [0.3, 0.4) is 0 Å². The van der Waals surface area contributed by atoms with Crippen LogP contribution in [0.2, 0.25) is 0 Å². The Labute approximate surface area is 189 Å². The van der Waals surface area contributed by atoms with Crippen LogP contribution in [0, 0.1) is 13.8 Å². The van der Waals surface area contributed by atoms with Gasteiger partial charge in [-0.3, -0.25) is 4.79 Å². The lowest BCUT2D eigenvalue weighted by atomic mass is 9.97. The first-order valence-electron chi connectivity index (χ1n) is 11.5. The average Bonchev–Trinajstić information content (AvgIpc) is 3.23. The Morgan fingerprint density at radius 3 is 2.81 bits per heavy atom. The predicted molar refractivity (Wildman–Crippen MR) is 127 cm³/mol. The first kappa shape index (κ1) is 22.1. The number of hydrogen-bond donors (Lipinski definition) is 1. The number of allylic oxidation sites excluding steroid dienone is 1. The smallest absolute Gasteiger partial charge is 0.220 e. The molecule has 2 heterocycles. The van der Waals surface area contributed by atoms with Gasteiger partial charge in [0.2, 0.25) is 5.91 Å². The van der Waals surface area contributed by atoms with Gasteiger partial charge in [-0.15, -0.1) is 0 Å². The summed E-state index contributed by atoms with van der Waals surface area (Å²) in [6, 6.07) is 9.83. The van der Waals surface area contributed by atoms with Crippen molar-refractivity contribution < 1.29 is 9.53 Å². The van der Waals surface area contributed by atoms with Crippen molar-refractivity contribution in [1.29, 1.82) is 0 Å². The number of rotatable bonds is 8. The molecule has 0 spiro atoms. The summed E-state index contributed by atoms with van der Waals surface area (Å²) in [6.45, 7) is 4.77. The molecule has 1 amide bonds. The molecule has 32 heavy (non-hydrogen) atoms. The molecule has 0 saturated heterocycles. The van der Waals surface area contributed by atoms with Crippen molar-refractivity contribution in [3.05, 3.63) is 58.9 Å². The van der Waals surface area contributed by atoms with Gasteiger partial charge in [0.15, 0.2) is 5.65 Å². The van der Waals surface area contributed by atoms with Crippen molar-refractivity contribution >= 4 is 11.6 Å². The summed E-state index contributed by atoms with van der Waals surface area (Å²) in [7, 11) is 1.66. The standard InChI is InChI=1S/C26H32N4O2/c1-18-21(13-14-26(31)27-16-15-20-9-5-4-6-10-20)19(2)30-25(28-18)17-23(29-30)22-11-7-8-12-24(22)32-3/h7-9,11-12,17H,4-6,10,13-16H2,1-3H3,(H,27,31). The number of aryl methyl sites for hydroxylation is 2. The van der Waals surface area contributed by atoms with Crippen molar-refractivity contribution in [1.82, 2.24) is 19.9 Å². The van der Waals surface area contributed by atoms with E-state index in [0.717, 1.165) is 52.6 Å². The number of carbonyl (C=O) groups is 1. The molecule has 0 unspecified atom stereocenters. The first-order valence-corrected chi connectivity index (χ1v) is 11.5. The van der Waals surface area contributed by atoms with Crippen molar-refractivity contribution in [2.45, 2.75) is 58.8 Å².